The van der Waals surface area contributed by atoms with Crippen LogP contribution in [0.3, 0.4) is 0 Å². The summed E-state index contributed by atoms with van der Waals surface area (Å²) in [6, 6.07) is 7.37. The molecule has 8 nitrogen and oxygen atoms in total. The maximum Gasteiger partial charge on any atom is 0.270 e. The Morgan fingerprint density at radius 1 is 1.36 bits per heavy atom. The molecule has 1 aromatic heterocycles. The number of aromatic amines is 1. The number of hydrogen-bond acceptors (Lipinski definition) is 5. The zero-order valence-electron chi connectivity index (χ0n) is 16.0. The van der Waals surface area contributed by atoms with Crippen molar-refractivity contribution in [2.24, 2.45) is 11.3 Å². The van der Waals surface area contributed by atoms with E-state index in [1.807, 2.05) is 18.2 Å². The van der Waals surface area contributed by atoms with E-state index in [2.05, 4.69) is 4.98 Å². The van der Waals surface area contributed by atoms with Crippen molar-refractivity contribution in [3.8, 4) is 5.75 Å². The Balaban J connectivity index is 1.58. The second-order valence-electron chi connectivity index (χ2n) is 7.92. The minimum atomic E-state index is -3.32. The first-order chi connectivity index (χ1) is 13.3. The van der Waals surface area contributed by atoms with Crippen molar-refractivity contribution in [1.82, 2.24) is 14.2 Å². The SMILES string of the molecule is COc1ccc2[nH]c(C(=O)N3CC[C@@H]4CN(S(C)(=O)=O)C[C@]4(CO)C3)cc2c1. The number of nitrogens with one attached hydrogen (secondary N) is 1. The highest BCUT2D eigenvalue weighted by atomic mass is 32.2. The molecule has 2 fully saturated rings. The number of methoxy groups -OCH3 is 1. The molecule has 2 aliphatic rings. The van der Waals surface area contributed by atoms with Gasteiger partial charge in [0, 0.05) is 42.5 Å². The quantitative estimate of drug-likeness (QED) is 0.784. The number of ether oxygens (including phenoxy) is 1. The second-order valence-corrected chi connectivity index (χ2v) is 9.91. The lowest BCUT2D eigenvalue weighted by Gasteiger charge is -2.43. The van der Waals surface area contributed by atoms with Gasteiger partial charge in [0.05, 0.1) is 20.0 Å². The average molecular weight is 407 g/mol. The number of carbonyl (C=O) groups excluding carboxylic acids is 1. The van der Waals surface area contributed by atoms with Crippen molar-refractivity contribution in [3.63, 3.8) is 0 Å². The largest absolute Gasteiger partial charge is 0.497 e. The summed E-state index contributed by atoms with van der Waals surface area (Å²) >= 11 is 0. The number of benzene rings is 1. The summed E-state index contributed by atoms with van der Waals surface area (Å²) in [4.78, 5) is 18.0. The van der Waals surface area contributed by atoms with Crippen LogP contribution in [0.4, 0.5) is 0 Å². The highest BCUT2D eigenvalue weighted by Gasteiger charge is 2.52. The molecule has 0 spiro atoms. The summed E-state index contributed by atoms with van der Waals surface area (Å²) in [7, 11) is -1.73. The van der Waals surface area contributed by atoms with Crippen LogP contribution < -0.4 is 4.74 Å². The lowest BCUT2D eigenvalue weighted by molar-refractivity contribution is 0.0127. The van der Waals surface area contributed by atoms with Gasteiger partial charge in [0.15, 0.2) is 0 Å². The Bertz CT molecular complexity index is 1020. The molecule has 0 unspecified atom stereocenters. The molecule has 2 atom stereocenters. The second kappa shape index (κ2) is 6.75. The minimum Gasteiger partial charge on any atom is -0.497 e. The van der Waals surface area contributed by atoms with Crippen LogP contribution in [0.5, 0.6) is 5.75 Å². The van der Waals surface area contributed by atoms with Gasteiger partial charge >= 0.3 is 0 Å². The van der Waals surface area contributed by atoms with E-state index in [0.29, 0.717) is 31.7 Å². The van der Waals surface area contributed by atoms with Gasteiger partial charge in [-0.3, -0.25) is 4.79 Å². The van der Waals surface area contributed by atoms with E-state index in [1.54, 1.807) is 18.1 Å². The number of carbonyl (C=O) groups is 1. The van der Waals surface area contributed by atoms with E-state index < -0.39 is 15.4 Å². The van der Waals surface area contributed by atoms with E-state index in [-0.39, 0.29) is 25.0 Å². The Morgan fingerprint density at radius 2 is 2.14 bits per heavy atom. The molecule has 2 N–H and O–H groups in total. The number of piperidine rings is 1. The molecule has 0 bridgehead atoms. The van der Waals surface area contributed by atoms with Crippen LogP contribution in [0.25, 0.3) is 10.9 Å². The summed E-state index contributed by atoms with van der Waals surface area (Å²) in [5.41, 5.74) is 0.722. The summed E-state index contributed by atoms with van der Waals surface area (Å²) in [6.07, 6.45) is 1.86. The topological polar surface area (TPSA) is 103 Å². The lowest BCUT2D eigenvalue weighted by Crippen LogP contribution is -2.52. The zero-order chi connectivity index (χ0) is 20.1. The number of rotatable bonds is 4. The molecule has 3 heterocycles. The molecule has 0 aliphatic carbocycles. The van der Waals surface area contributed by atoms with E-state index in [4.69, 9.17) is 4.74 Å². The minimum absolute atomic E-state index is 0.0586. The molecule has 2 aromatic rings. The first-order valence-electron chi connectivity index (χ1n) is 9.28. The van der Waals surface area contributed by atoms with Gasteiger partial charge in [-0.2, -0.15) is 0 Å². The molecule has 152 valence electrons. The summed E-state index contributed by atoms with van der Waals surface area (Å²) < 4.78 is 30.6. The number of aliphatic hydroxyl groups excluding tert-OH is 1. The van der Waals surface area contributed by atoms with Gasteiger partial charge in [-0.15, -0.1) is 0 Å². The molecular weight excluding hydrogens is 382 g/mol. The van der Waals surface area contributed by atoms with Crippen molar-refractivity contribution < 1.29 is 23.1 Å². The third-order valence-corrected chi connectivity index (χ3v) is 7.38. The first-order valence-corrected chi connectivity index (χ1v) is 11.1. The Kier molecular flexibility index (Phi) is 4.64. The van der Waals surface area contributed by atoms with Gasteiger partial charge < -0.3 is 19.7 Å². The van der Waals surface area contributed by atoms with Crippen LogP contribution in [0.2, 0.25) is 0 Å². The van der Waals surface area contributed by atoms with Gasteiger partial charge in [0.25, 0.3) is 5.91 Å². The summed E-state index contributed by atoms with van der Waals surface area (Å²) in [5.74, 6) is 0.639. The number of amides is 1. The molecule has 28 heavy (non-hydrogen) atoms. The Hall–Kier alpha value is -2.10. The maximum atomic E-state index is 13.1. The van der Waals surface area contributed by atoms with Crippen LogP contribution in [0, 0.1) is 11.3 Å². The van der Waals surface area contributed by atoms with E-state index in [1.165, 1.54) is 10.6 Å². The van der Waals surface area contributed by atoms with Crippen molar-refractivity contribution in [2.75, 3.05) is 46.2 Å². The molecule has 2 saturated heterocycles. The summed E-state index contributed by atoms with van der Waals surface area (Å²) in [6.45, 7) is 1.41. The number of aliphatic hydroxyl groups is 1. The van der Waals surface area contributed by atoms with Gasteiger partial charge in [0.1, 0.15) is 11.4 Å². The fraction of sp³-hybridized carbons (Fsp3) is 0.526. The summed E-state index contributed by atoms with van der Waals surface area (Å²) in [5, 5.41) is 11.0. The lowest BCUT2D eigenvalue weighted by atomic mass is 9.74. The van der Waals surface area contributed by atoms with Crippen molar-refractivity contribution in [2.45, 2.75) is 6.42 Å². The Labute approximate surface area is 164 Å². The van der Waals surface area contributed by atoms with Crippen LogP contribution in [-0.2, 0) is 10.0 Å². The van der Waals surface area contributed by atoms with E-state index in [0.717, 1.165) is 16.7 Å². The fourth-order valence-corrected chi connectivity index (χ4v) is 5.45. The molecular formula is C19H25N3O5S. The van der Waals surface area contributed by atoms with E-state index >= 15 is 0 Å². The predicted molar refractivity (Wildman–Crippen MR) is 105 cm³/mol. The molecule has 2 aliphatic heterocycles. The van der Waals surface area contributed by atoms with Crippen LogP contribution in [-0.4, -0.2) is 79.8 Å². The molecule has 1 aromatic carbocycles. The Morgan fingerprint density at radius 3 is 2.82 bits per heavy atom. The number of fused-ring (bicyclic) bond motifs is 2. The van der Waals surface area contributed by atoms with Gasteiger partial charge in [-0.05, 0) is 36.6 Å². The number of sulfonamides is 1. The van der Waals surface area contributed by atoms with Crippen molar-refractivity contribution in [1.29, 1.82) is 0 Å². The first kappa shape index (κ1) is 19.2. The maximum absolute atomic E-state index is 13.1. The van der Waals surface area contributed by atoms with E-state index in [9.17, 15) is 18.3 Å². The van der Waals surface area contributed by atoms with Gasteiger partial charge in [0.2, 0.25) is 10.0 Å². The van der Waals surface area contributed by atoms with Gasteiger partial charge in [-0.1, -0.05) is 0 Å². The average Bonchev–Trinajstić information content (AvgIpc) is 3.27. The molecule has 1 amide bonds. The van der Waals surface area contributed by atoms with Crippen LogP contribution in [0.15, 0.2) is 24.3 Å². The van der Waals surface area contributed by atoms with Gasteiger partial charge in [-0.25, -0.2) is 12.7 Å². The normalized spacial score (nSPS) is 25.8. The fourth-order valence-electron chi connectivity index (χ4n) is 4.51. The predicted octanol–water partition coefficient (Wildman–Crippen LogP) is 0.893. The number of H-pyrrole nitrogens is 1. The smallest absolute Gasteiger partial charge is 0.270 e. The van der Waals surface area contributed by atoms with Crippen LogP contribution in [0.1, 0.15) is 16.9 Å². The molecule has 0 radical (unpaired) electrons. The molecule has 4 rings (SSSR count). The highest BCUT2D eigenvalue weighted by molar-refractivity contribution is 7.88. The standard InChI is InChI=1S/C19H25N3O5S/c1-27-15-3-4-16-13(7-15)8-17(20-16)18(24)21-6-5-14-9-22(28(2,25)26)11-19(14,10-21)12-23/h3-4,7-8,14,20,23H,5-6,9-12H2,1-2H3/t14-,19+/m1/s1. The third-order valence-electron chi connectivity index (χ3n) is 6.16. The van der Waals surface area contributed by atoms with Crippen molar-refractivity contribution in [3.05, 3.63) is 30.0 Å². The van der Waals surface area contributed by atoms with Crippen LogP contribution >= 0.6 is 0 Å². The van der Waals surface area contributed by atoms with Crippen molar-refractivity contribution >= 4 is 26.8 Å². The number of hydrogen-bond donors (Lipinski definition) is 2. The monoisotopic (exact) mass is 407 g/mol. The molecule has 0 saturated carbocycles. The number of likely N-dealkylation sites (tertiary alicyclic amines) is 1. The highest BCUT2D eigenvalue weighted by Crippen LogP contribution is 2.43. The zero-order valence-corrected chi connectivity index (χ0v) is 16.8. The molecule has 9 heteroatoms. The third kappa shape index (κ3) is 3.17. The number of aromatic nitrogens is 1. The number of nitrogens with zero attached hydrogens (tertiary/aromatic N) is 2.